The molecule has 14 aromatic rings. The number of nitrogens with zero attached hydrogens (tertiary/aromatic N) is 9. The van der Waals surface area contributed by atoms with Gasteiger partial charge in [-0.1, -0.05) is 182 Å². The Labute approximate surface area is 614 Å². The molecule has 3 saturated heterocycles. The van der Waals surface area contributed by atoms with Crippen LogP contribution in [0.15, 0.2) is 268 Å². The molecule has 0 N–H and O–H groups in total. The van der Waals surface area contributed by atoms with Crippen molar-refractivity contribution in [3.05, 3.63) is 268 Å². The van der Waals surface area contributed by atoms with Crippen molar-refractivity contribution in [1.82, 2.24) is 44.9 Å². The molecule has 0 amide bonds. The van der Waals surface area contributed by atoms with Crippen LogP contribution in [0.3, 0.4) is 0 Å². The summed E-state index contributed by atoms with van der Waals surface area (Å²) >= 11 is 0. The monoisotopic (exact) mass is 1380 g/mol. The van der Waals surface area contributed by atoms with Crippen molar-refractivity contribution in [3.8, 4) is 90.2 Å². The Kier molecular flexibility index (Phi) is 18.6. The van der Waals surface area contributed by atoms with Crippen molar-refractivity contribution in [1.29, 1.82) is 0 Å². The molecule has 18 heteroatoms. The molecule has 3 aliphatic heterocycles. The van der Waals surface area contributed by atoms with Crippen molar-refractivity contribution in [2.45, 2.75) is 117 Å². The van der Waals surface area contributed by atoms with Crippen LogP contribution < -0.4 is 16.4 Å². The number of hydrogen-bond donors (Lipinski definition) is 0. The van der Waals surface area contributed by atoms with Crippen LogP contribution in [0.2, 0.25) is 0 Å². The van der Waals surface area contributed by atoms with Gasteiger partial charge in [0.05, 0.1) is 67.2 Å². The van der Waals surface area contributed by atoms with E-state index >= 15 is 0 Å². The third kappa shape index (κ3) is 14.2. The predicted molar refractivity (Wildman–Crippen MR) is 423 cm³/mol. The SMILES string of the molecule is CC1(C)OB(c2ccc(-c3nc(-c4ccc(-c5cccnc5)cc4)nc4ccccc34)cc2)OC1(C)C.CC1(C)OB(c2ccc(-c3nc(-c4cccc(-c5cccnc5)c4)nc4ccccc34)cc2)OC1(C)C.CC1(C)OB(c2ccc(-c3nc(-c4cccnc4)nc4ccccc34)cc2)OC1(C)C. The lowest BCUT2D eigenvalue weighted by Gasteiger charge is -2.32. The molecule has 6 aromatic heterocycles. The first kappa shape index (κ1) is 69.9. The molecular formula is C87H80B3N9O6. The number of benzene rings is 8. The number of rotatable bonds is 11. The van der Waals surface area contributed by atoms with Crippen LogP contribution in [-0.2, 0) is 27.9 Å². The third-order valence-corrected chi connectivity index (χ3v) is 21.1. The van der Waals surface area contributed by atoms with Crippen LogP contribution >= 0.6 is 0 Å². The second-order valence-corrected chi connectivity index (χ2v) is 29.8. The van der Waals surface area contributed by atoms with E-state index in [1.807, 2.05) is 97.3 Å². The molecule has 105 heavy (non-hydrogen) atoms. The second-order valence-electron chi connectivity index (χ2n) is 29.8. The first-order chi connectivity index (χ1) is 50.5. The van der Waals surface area contributed by atoms with E-state index in [0.717, 1.165) is 122 Å². The molecule has 17 rings (SSSR count). The van der Waals surface area contributed by atoms with Crippen molar-refractivity contribution in [2.75, 3.05) is 0 Å². The van der Waals surface area contributed by atoms with Crippen LogP contribution in [0.4, 0.5) is 0 Å². The first-order valence-electron chi connectivity index (χ1n) is 35.6. The van der Waals surface area contributed by atoms with Crippen molar-refractivity contribution in [3.63, 3.8) is 0 Å². The van der Waals surface area contributed by atoms with Gasteiger partial charge in [0.1, 0.15) is 0 Å². The van der Waals surface area contributed by atoms with Gasteiger partial charge in [0.25, 0.3) is 0 Å². The maximum Gasteiger partial charge on any atom is 0.494 e. The molecule has 0 saturated carbocycles. The molecule has 0 radical (unpaired) electrons. The maximum absolute atomic E-state index is 6.24. The zero-order chi connectivity index (χ0) is 72.9. The average Bonchev–Trinajstić information content (AvgIpc) is 1.71. The lowest BCUT2D eigenvalue weighted by Crippen LogP contribution is -2.41. The summed E-state index contributed by atoms with van der Waals surface area (Å²) in [5.41, 5.74) is 16.4. The second kappa shape index (κ2) is 28.0. The molecule has 3 aliphatic rings. The van der Waals surface area contributed by atoms with Gasteiger partial charge >= 0.3 is 21.4 Å². The van der Waals surface area contributed by atoms with Gasteiger partial charge in [-0.25, -0.2) is 29.9 Å². The Bertz CT molecular complexity index is 5420. The summed E-state index contributed by atoms with van der Waals surface area (Å²) in [5.74, 6) is 2.05. The largest absolute Gasteiger partial charge is 0.494 e. The van der Waals surface area contributed by atoms with Gasteiger partial charge in [0.2, 0.25) is 0 Å². The summed E-state index contributed by atoms with van der Waals surface area (Å²) in [5, 5.41) is 3.04. The summed E-state index contributed by atoms with van der Waals surface area (Å²) in [6.07, 6.45) is 10.8. The minimum Gasteiger partial charge on any atom is -0.399 e. The third-order valence-electron chi connectivity index (χ3n) is 21.1. The Balaban J connectivity index is 0.000000127. The Morgan fingerprint density at radius 2 is 0.505 bits per heavy atom. The predicted octanol–water partition coefficient (Wildman–Crippen LogP) is 17.3. The summed E-state index contributed by atoms with van der Waals surface area (Å²) in [6, 6.07) is 77.7. The molecule has 518 valence electrons. The minimum absolute atomic E-state index is 0.363. The molecule has 0 unspecified atom stereocenters. The highest BCUT2D eigenvalue weighted by atomic mass is 16.7. The van der Waals surface area contributed by atoms with E-state index in [1.165, 1.54) is 0 Å². The highest BCUT2D eigenvalue weighted by Gasteiger charge is 2.54. The normalized spacial score (nSPS) is 16.6. The number of aromatic nitrogens is 9. The topological polar surface area (TPSA) is 171 Å². The van der Waals surface area contributed by atoms with Crippen LogP contribution in [0.5, 0.6) is 0 Å². The van der Waals surface area contributed by atoms with Crippen LogP contribution in [0.1, 0.15) is 83.1 Å². The summed E-state index contributed by atoms with van der Waals surface area (Å²) in [4.78, 5) is 42.2. The number of hydrogen-bond acceptors (Lipinski definition) is 15. The zero-order valence-corrected chi connectivity index (χ0v) is 61.1. The van der Waals surface area contributed by atoms with Crippen LogP contribution in [0, 0.1) is 0 Å². The molecule has 0 atom stereocenters. The van der Waals surface area contributed by atoms with Crippen molar-refractivity contribution in [2.24, 2.45) is 0 Å². The maximum atomic E-state index is 6.24. The smallest absolute Gasteiger partial charge is 0.399 e. The van der Waals surface area contributed by atoms with Gasteiger partial charge in [0.15, 0.2) is 17.5 Å². The fraction of sp³-hybridized carbons (Fsp3) is 0.207. The number of para-hydroxylation sites is 3. The van der Waals surface area contributed by atoms with Gasteiger partial charge in [0, 0.05) is 92.3 Å². The number of fused-ring (bicyclic) bond motifs is 3. The molecular weight excluding hydrogens is 1300 g/mol. The number of pyridine rings is 3. The van der Waals surface area contributed by atoms with Gasteiger partial charge in [-0.2, -0.15) is 0 Å². The lowest BCUT2D eigenvalue weighted by molar-refractivity contribution is 0.00578. The summed E-state index contributed by atoms with van der Waals surface area (Å²) < 4.78 is 37.3. The molecule has 0 aliphatic carbocycles. The van der Waals surface area contributed by atoms with Crippen molar-refractivity contribution >= 4 is 70.5 Å². The van der Waals surface area contributed by atoms with E-state index in [2.05, 4.69) is 244 Å². The van der Waals surface area contributed by atoms with E-state index in [9.17, 15) is 0 Å². The summed E-state index contributed by atoms with van der Waals surface area (Å²) in [6.45, 7) is 24.8. The lowest BCUT2D eigenvalue weighted by atomic mass is 9.78. The Hall–Kier alpha value is -10.8. The summed E-state index contributed by atoms with van der Waals surface area (Å²) in [7, 11) is -1.17. The molecule has 15 nitrogen and oxygen atoms in total. The molecule has 8 aromatic carbocycles. The fourth-order valence-corrected chi connectivity index (χ4v) is 12.8. The van der Waals surface area contributed by atoms with Gasteiger partial charge in [-0.05, 0) is 165 Å². The molecule has 9 heterocycles. The van der Waals surface area contributed by atoms with E-state index in [1.54, 1.807) is 24.8 Å². The van der Waals surface area contributed by atoms with E-state index < -0.39 is 14.2 Å². The molecule has 0 bridgehead atoms. The molecule has 0 spiro atoms. The zero-order valence-electron chi connectivity index (χ0n) is 61.1. The van der Waals surface area contributed by atoms with E-state index in [4.69, 9.17) is 57.8 Å². The Morgan fingerprint density at radius 1 is 0.229 bits per heavy atom. The van der Waals surface area contributed by atoms with Crippen LogP contribution in [0.25, 0.3) is 123 Å². The van der Waals surface area contributed by atoms with Crippen LogP contribution in [-0.4, -0.2) is 99.8 Å². The average molecular weight is 1380 g/mol. The van der Waals surface area contributed by atoms with Gasteiger partial charge < -0.3 is 27.9 Å². The highest BCUT2D eigenvalue weighted by molar-refractivity contribution is 6.63. The standard InChI is InChI=1S/2C31H28BN3O2.C25H24BN3O2/c1-30(2)31(3,4)37-32(36-30)25-16-14-21(15-17-25)28-26-12-5-6-13-27(26)34-29(35-28)23-10-7-9-22(19-23)24-11-8-18-33-20-24;1-30(2)31(3,4)37-32(36-30)25-17-15-22(16-18-25)28-26-9-5-6-10-27(26)34-29(35-28)23-13-11-21(12-14-23)24-8-7-19-33-20-24;1-24(2)25(3,4)31-26(30-24)19-13-11-17(12-14-19)22-20-9-5-6-10-21(20)28-23(29-22)18-8-7-15-27-16-18/h2*5-20H,1-4H3;5-16H,1-4H3. The van der Waals surface area contributed by atoms with Crippen molar-refractivity contribution < 1.29 is 27.9 Å². The highest BCUT2D eigenvalue weighted by Crippen LogP contribution is 2.41. The van der Waals surface area contributed by atoms with E-state index in [0.29, 0.717) is 17.5 Å². The molecule has 3 fully saturated rings. The quantitative estimate of drug-likeness (QED) is 0.112. The fourth-order valence-electron chi connectivity index (χ4n) is 12.8. The first-order valence-corrected chi connectivity index (χ1v) is 35.6. The van der Waals surface area contributed by atoms with Gasteiger partial charge in [-0.3, -0.25) is 15.0 Å². The Morgan fingerprint density at radius 3 is 0.848 bits per heavy atom. The minimum atomic E-state index is -0.396. The van der Waals surface area contributed by atoms with Gasteiger partial charge in [-0.15, -0.1) is 0 Å². The van der Waals surface area contributed by atoms with E-state index in [-0.39, 0.29) is 40.7 Å².